The highest BCUT2D eigenvalue weighted by Crippen LogP contribution is 2.51. The van der Waals surface area contributed by atoms with E-state index < -0.39 is 189 Å². The van der Waals surface area contributed by atoms with Crippen LogP contribution in [-0.4, -0.2) is 210 Å². The quantitative estimate of drug-likeness (QED) is 0.00845. The number of nitrogens with one attached hydrogen (secondary N) is 8. The van der Waals surface area contributed by atoms with Crippen LogP contribution in [0, 0.1) is 23.7 Å². The Kier molecular flexibility index (Phi) is 44.6. The van der Waals surface area contributed by atoms with Gasteiger partial charge in [0.2, 0.25) is 47.0 Å². The van der Waals surface area contributed by atoms with Gasteiger partial charge in [-0.3, -0.25) is 67.1 Å². The number of allylic oxidation sites excluding steroid dienone is 6. The summed E-state index contributed by atoms with van der Waals surface area (Å²) in [6, 6.07) is 18.1. The van der Waals surface area contributed by atoms with Crippen LogP contribution in [0.4, 0.5) is 16.2 Å². The second-order valence-electron chi connectivity index (χ2n) is 36.1. The summed E-state index contributed by atoms with van der Waals surface area (Å²) in [7, 11) is 0. The van der Waals surface area contributed by atoms with Gasteiger partial charge in [-0.25, -0.2) is 14.4 Å². The summed E-state index contributed by atoms with van der Waals surface area (Å²) in [5.41, 5.74) is 12.8. The third-order valence-corrected chi connectivity index (χ3v) is 25.8. The van der Waals surface area contributed by atoms with Crippen molar-refractivity contribution >= 4 is 152 Å². The highest BCUT2D eigenvalue weighted by atomic mass is 32.1. The second kappa shape index (κ2) is 54.9. The largest absolute Gasteiger partial charge is 0.481 e. The van der Waals surface area contributed by atoms with Crippen molar-refractivity contribution in [2.45, 2.75) is 288 Å². The number of primary amides is 1. The molecule has 9 amide bonds. The van der Waals surface area contributed by atoms with E-state index in [1.165, 1.54) is 55.5 Å². The Morgan fingerprint density at radius 3 is 1.56 bits per heavy atom. The van der Waals surface area contributed by atoms with Crippen LogP contribution in [0.5, 0.6) is 0 Å². The highest BCUT2D eigenvalue weighted by Gasteiger charge is 2.46. The number of nitrogens with zero attached hydrogens (tertiary/aromatic N) is 2. The number of carbonyl (C=O) groups excluding carboxylic acids is 11. The summed E-state index contributed by atoms with van der Waals surface area (Å²) in [6.07, 6.45) is 14.1. The monoisotopic (exact) mass is 1880 g/mol. The van der Waals surface area contributed by atoms with Gasteiger partial charge in [-0.05, 0) is 188 Å². The third kappa shape index (κ3) is 34.4. The maximum atomic E-state index is 14.1. The van der Waals surface area contributed by atoms with Crippen molar-refractivity contribution in [3.63, 3.8) is 0 Å². The van der Waals surface area contributed by atoms with Gasteiger partial charge < -0.3 is 83.8 Å². The maximum absolute atomic E-state index is 14.1. The lowest BCUT2D eigenvalue weighted by atomic mass is 9.79. The lowest BCUT2D eigenvalue weighted by Gasteiger charge is -2.28. The van der Waals surface area contributed by atoms with E-state index in [1.54, 1.807) is 0 Å². The first-order chi connectivity index (χ1) is 63.8. The van der Waals surface area contributed by atoms with Crippen molar-refractivity contribution in [1.82, 2.24) is 42.5 Å². The number of Topliss-reactive ketones (excluding diaryl/α,β-unsaturated/α-hetero) is 3. The third-order valence-electron chi connectivity index (χ3n) is 25.4. The fraction of sp³-hybridized carbons (Fsp3) is 0.556. The number of likely N-dealkylation sites (N-methyl/N-ethyl adjacent to an activating group) is 1. The Labute approximate surface area is 787 Å². The molecule has 4 aromatic rings. The van der Waals surface area contributed by atoms with Crippen LogP contribution in [0.3, 0.4) is 0 Å². The molecule has 35 heteroatoms. The van der Waals surface area contributed by atoms with Crippen molar-refractivity contribution in [1.29, 1.82) is 0 Å². The minimum atomic E-state index is -1.60. The first kappa shape index (κ1) is 109. The molecule has 1 saturated carbocycles. The molecule has 34 nitrogen and oxygen atoms in total. The molecule has 134 heavy (non-hydrogen) atoms. The number of aliphatic carboxylic acids is 6. The Bertz CT molecular complexity index is 4970. The number of carboxylic acid groups (broad SMARTS) is 6. The van der Waals surface area contributed by atoms with Gasteiger partial charge in [0.1, 0.15) is 30.5 Å². The van der Waals surface area contributed by atoms with Gasteiger partial charge in [0.25, 0.3) is 0 Å². The molecule has 7 atom stereocenters. The van der Waals surface area contributed by atoms with E-state index >= 15 is 0 Å². The number of urea groups is 1. The Hall–Kier alpha value is -12.2. The molecule has 0 aromatic heterocycles. The molecular formula is C99H136N11O23S+. The average molecular weight is 1880 g/mol. The number of nitrogens with two attached hydrogens (primary N) is 1. The van der Waals surface area contributed by atoms with E-state index in [0.717, 1.165) is 25.9 Å². The molecule has 4 aromatic carbocycles. The number of amides is 9. The minimum Gasteiger partial charge on any atom is -0.481 e. The zero-order valence-corrected chi connectivity index (χ0v) is 78.5. The Morgan fingerprint density at radius 2 is 0.970 bits per heavy atom. The van der Waals surface area contributed by atoms with Crippen molar-refractivity contribution in [2.24, 2.45) is 29.4 Å². The number of hydrogen-bond donors (Lipinski definition) is 16. The van der Waals surface area contributed by atoms with Crippen LogP contribution in [-0.2, 0) is 87.5 Å². The molecule has 0 bridgehead atoms. The normalized spacial score (nSPS) is 16.7. The summed E-state index contributed by atoms with van der Waals surface area (Å²) in [5.74, 6) is -16.9. The number of ketones is 3. The van der Waals surface area contributed by atoms with E-state index in [2.05, 4.69) is 197 Å². The Balaban J connectivity index is 0.770. The van der Waals surface area contributed by atoms with Crippen LogP contribution < -0.4 is 53.2 Å². The van der Waals surface area contributed by atoms with Crippen molar-refractivity contribution in [3.8, 4) is 0 Å². The van der Waals surface area contributed by atoms with E-state index in [4.69, 9.17) is 10.8 Å². The van der Waals surface area contributed by atoms with Gasteiger partial charge in [-0.1, -0.05) is 106 Å². The second-order valence-corrected chi connectivity index (χ2v) is 36.5. The fourth-order valence-corrected chi connectivity index (χ4v) is 18.3. The molecule has 2 heterocycles. The first-order valence-corrected chi connectivity index (χ1v) is 47.6. The summed E-state index contributed by atoms with van der Waals surface area (Å²) < 4.78 is 2.44. The zero-order chi connectivity index (χ0) is 98.2. The Morgan fingerprint density at radius 1 is 0.463 bits per heavy atom. The minimum absolute atomic E-state index is 0.0125. The molecule has 1 aliphatic carbocycles. The molecule has 7 unspecified atom stereocenters. The molecule has 2 aliphatic heterocycles. The number of anilines is 1. The van der Waals surface area contributed by atoms with Crippen LogP contribution >= 0.6 is 12.6 Å². The van der Waals surface area contributed by atoms with E-state index in [9.17, 15) is 107 Å². The van der Waals surface area contributed by atoms with Crippen LogP contribution in [0.15, 0.2) is 109 Å². The maximum Gasteiger partial charge on any atom is 0.326 e. The molecule has 0 saturated heterocycles. The highest BCUT2D eigenvalue weighted by molar-refractivity contribution is 7.80. The zero-order valence-electron chi connectivity index (χ0n) is 77.6. The number of benzene rings is 4. The van der Waals surface area contributed by atoms with Gasteiger partial charge in [0.15, 0.2) is 17.3 Å². The molecule has 3 aliphatic rings. The lowest BCUT2D eigenvalue weighted by molar-refractivity contribution is -0.438. The predicted octanol–water partition coefficient (Wildman–Crippen LogP) is 11.0. The molecular weight excluding hydrogens is 1740 g/mol. The molecule has 0 radical (unpaired) electrons. The van der Waals surface area contributed by atoms with E-state index in [-0.39, 0.29) is 104 Å². The molecule has 1 fully saturated rings. The van der Waals surface area contributed by atoms with Crippen molar-refractivity contribution in [3.05, 3.63) is 120 Å². The van der Waals surface area contributed by atoms with Crippen molar-refractivity contribution in [2.75, 3.05) is 43.4 Å². The summed E-state index contributed by atoms with van der Waals surface area (Å²) >= 11 is 4.28. The average Bonchev–Trinajstić information content (AvgIpc) is 1.58. The van der Waals surface area contributed by atoms with Crippen LogP contribution in [0.25, 0.3) is 21.5 Å². The number of thiol groups is 1. The number of hydrogen-bond acceptors (Lipinski definition) is 19. The molecule has 7 rings (SSSR count). The topological polar surface area (TPSA) is 540 Å². The van der Waals surface area contributed by atoms with E-state index in [1.807, 2.05) is 5.32 Å². The number of fused-ring (bicyclic) bond motifs is 6. The van der Waals surface area contributed by atoms with Gasteiger partial charge in [-0.2, -0.15) is 17.2 Å². The summed E-state index contributed by atoms with van der Waals surface area (Å²) in [4.78, 5) is 217. The SMILES string of the molecule is CCN1/C(=C/C=C/C=C/C2=[N+](CCCCCC(=O)NCCCCC(NC(=O)CCCCCCC(=O)C(CS)NC(=O)C(CCC(=O)O)CC(=O)C(CCC(=O)O)CC(=O)C(CCC(=O)O)NC(=O)CCCCCNC(=O)C3CCC(CNC(=O)CCC(NC(=O)NC(CCC(=O)O)C(=O)O)C(=O)O)CC3)C(N)=O)c3ccc4ccccc4c3C2(C)C)C(C)(C)c2c1ccc1ccccc21. The standard InChI is InChI=1S/C99H135N11O23S/c1-6-109-75-48-41-63-26-18-20-28-68(63)90(75)98(2,3)80(109)32-13-9-14-33-81-99(4,5)91-69-29-21-19-27-64(69)42-49-76(91)110(81)57-25-11-17-34-82(114)101-55-24-22-30-71(92(100)126)105-85(117)35-15-8-7-12-31-77(111)74(61-134)106-94(128)67(44-52-87(120)121)59-78(112)66(43-51-86(118)119)58-79(113)70(46-53-88(122)123)104-84(116)36-16-10-23-56-102-93(127)65-39-37-62(38-40-65)60-103-83(115)50-45-72(95(129)130)107-97(133)108-73(96(131)132)47-54-89(124)125/h9,13-14,18-21,26-29,32-33,41-42,48-49,62,65-67,70-74H,6-8,10-12,15-17,22-25,30-31,34-40,43-47,50-61H2,1-5H3,(H16-,100,101,102,103,104,105,106,107,108,114,115,116,117,118,119,120,121,122,123,124,125,126,127,128,129,130,131,132,133,134)/p+1. The number of carboxylic acids is 6. The number of rotatable bonds is 63. The first-order valence-electron chi connectivity index (χ1n) is 47.0. The summed E-state index contributed by atoms with van der Waals surface area (Å²) in [6.45, 7) is 13.9. The summed E-state index contributed by atoms with van der Waals surface area (Å²) in [5, 5.41) is 82.0. The molecule has 0 spiro atoms. The van der Waals surface area contributed by atoms with Crippen LogP contribution in [0.2, 0.25) is 0 Å². The fourth-order valence-electron chi connectivity index (χ4n) is 18.0. The van der Waals surface area contributed by atoms with Gasteiger partial charge in [0, 0.05) is 161 Å². The lowest BCUT2D eigenvalue weighted by Crippen LogP contribution is -2.51. The number of unbranched alkanes of at least 4 members (excludes halogenated alkanes) is 8. The van der Waals surface area contributed by atoms with Gasteiger partial charge >= 0.3 is 41.8 Å². The smallest absolute Gasteiger partial charge is 0.326 e. The van der Waals surface area contributed by atoms with Gasteiger partial charge in [-0.15, -0.1) is 0 Å². The molecule has 16 N–H and O–H groups in total. The van der Waals surface area contributed by atoms with Crippen LogP contribution in [0.1, 0.15) is 258 Å². The van der Waals surface area contributed by atoms with Gasteiger partial charge in [0.05, 0.1) is 17.5 Å². The molecule has 730 valence electrons. The predicted molar refractivity (Wildman–Crippen MR) is 507 cm³/mol. The van der Waals surface area contributed by atoms with E-state index in [0.29, 0.717) is 96.4 Å². The van der Waals surface area contributed by atoms with Crippen molar-refractivity contribution < 1.29 is 117 Å². The number of carbonyl (C=O) groups is 17.